The number of nitrogens with zero attached hydrogens (tertiary/aromatic N) is 2. The van der Waals surface area contributed by atoms with Gasteiger partial charge in [-0.3, -0.25) is 0 Å². The van der Waals surface area contributed by atoms with Crippen LogP contribution in [0.25, 0.3) is 0 Å². The van der Waals surface area contributed by atoms with E-state index in [4.69, 9.17) is 0 Å². The zero-order valence-electron chi connectivity index (χ0n) is 10.8. The normalized spacial score (nSPS) is 11.6. The van der Waals surface area contributed by atoms with Crippen LogP contribution in [-0.4, -0.2) is 12.2 Å². The molecular weight excluding hydrogens is 216 g/mol. The monoisotopic (exact) mass is 236 g/mol. The topological polar surface area (TPSA) is 58.9 Å². The van der Waals surface area contributed by atoms with E-state index in [2.05, 4.69) is 30.8 Å². The maximum Gasteiger partial charge on any atom is 0.240 e. The summed E-state index contributed by atoms with van der Waals surface area (Å²) in [5.41, 5.74) is 0.518. The van der Waals surface area contributed by atoms with Crippen LogP contribution in [0.15, 0.2) is 21.9 Å². The van der Waals surface area contributed by atoms with E-state index >= 15 is 0 Å². The molecule has 0 N–H and O–H groups in total. The molecule has 0 spiro atoms. The summed E-state index contributed by atoms with van der Waals surface area (Å²) >= 11 is 0. The van der Waals surface area contributed by atoms with E-state index in [9.17, 15) is 9.59 Å². The lowest BCUT2D eigenvalue weighted by atomic mass is 9.82. The minimum atomic E-state index is 0.0414. The first-order valence-electron chi connectivity index (χ1n) is 5.89. The molecule has 0 saturated heterocycles. The first-order chi connectivity index (χ1) is 8.05. The predicted molar refractivity (Wildman–Crippen MR) is 66.9 cm³/mol. The zero-order valence-corrected chi connectivity index (χ0v) is 10.8. The van der Waals surface area contributed by atoms with Gasteiger partial charge in [0.2, 0.25) is 12.2 Å². The van der Waals surface area contributed by atoms with Crippen molar-refractivity contribution in [3.63, 3.8) is 0 Å². The van der Waals surface area contributed by atoms with Gasteiger partial charge in [0.05, 0.1) is 11.9 Å². The second-order valence-corrected chi connectivity index (χ2v) is 4.84. The van der Waals surface area contributed by atoms with Gasteiger partial charge in [-0.2, -0.15) is 9.98 Å². The van der Waals surface area contributed by atoms with Crippen LogP contribution in [0, 0.1) is 5.41 Å². The third kappa shape index (κ3) is 8.32. The van der Waals surface area contributed by atoms with Crippen LogP contribution in [-0.2, 0) is 9.59 Å². The number of aliphatic imine (C=N–C) groups is 2. The standard InChI is InChI=1S/C13H20N2O2/c1-4-5-6-7-13(2,3)8-12(15-11-17)9-14-10-16/h9H,4-8H2,1-3H3. The fourth-order valence-electron chi connectivity index (χ4n) is 1.71. The van der Waals surface area contributed by atoms with Crippen LogP contribution in [0.5, 0.6) is 0 Å². The van der Waals surface area contributed by atoms with Crippen LogP contribution >= 0.6 is 0 Å². The van der Waals surface area contributed by atoms with Gasteiger partial charge in [-0.1, -0.05) is 40.0 Å². The number of rotatable bonds is 8. The van der Waals surface area contributed by atoms with Crippen molar-refractivity contribution in [3.8, 4) is 0 Å². The number of isocyanates is 2. The molecule has 0 atom stereocenters. The van der Waals surface area contributed by atoms with Gasteiger partial charge in [-0.05, 0) is 18.3 Å². The van der Waals surface area contributed by atoms with E-state index in [1.165, 1.54) is 31.2 Å². The van der Waals surface area contributed by atoms with Gasteiger partial charge < -0.3 is 0 Å². The van der Waals surface area contributed by atoms with Crippen LogP contribution in [0.4, 0.5) is 0 Å². The average molecular weight is 236 g/mol. The summed E-state index contributed by atoms with van der Waals surface area (Å²) < 4.78 is 0. The molecule has 0 aliphatic carbocycles. The van der Waals surface area contributed by atoms with Crippen molar-refractivity contribution in [1.29, 1.82) is 0 Å². The lowest BCUT2D eigenvalue weighted by Gasteiger charge is -2.23. The molecule has 0 radical (unpaired) electrons. The molecule has 0 unspecified atom stereocenters. The minimum Gasteiger partial charge on any atom is -0.211 e. The summed E-state index contributed by atoms with van der Waals surface area (Å²) in [5.74, 6) is 0. The number of unbranched alkanes of at least 4 members (excludes halogenated alkanes) is 2. The van der Waals surface area contributed by atoms with E-state index in [1.54, 1.807) is 0 Å². The Bertz CT molecular complexity index is 346. The fraction of sp³-hybridized carbons (Fsp3) is 0.692. The summed E-state index contributed by atoms with van der Waals surface area (Å²) in [6.07, 6.45) is 9.36. The van der Waals surface area contributed by atoms with Gasteiger partial charge >= 0.3 is 0 Å². The molecule has 0 aromatic carbocycles. The maximum absolute atomic E-state index is 10.3. The molecule has 94 valence electrons. The first-order valence-corrected chi connectivity index (χ1v) is 5.89. The van der Waals surface area contributed by atoms with Crippen molar-refractivity contribution >= 4 is 12.2 Å². The molecule has 0 heterocycles. The van der Waals surface area contributed by atoms with Gasteiger partial charge in [0.1, 0.15) is 0 Å². The van der Waals surface area contributed by atoms with E-state index < -0.39 is 0 Å². The average Bonchev–Trinajstić information content (AvgIpc) is 2.26. The number of hydrogen-bond donors (Lipinski definition) is 0. The van der Waals surface area contributed by atoms with E-state index in [-0.39, 0.29) is 5.41 Å². The third-order valence-electron chi connectivity index (χ3n) is 2.57. The van der Waals surface area contributed by atoms with Crippen LogP contribution in [0.2, 0.25) is 0 Å². The van der Waals surface area contributed by atoms with E-state index in [1.807, 2.05) is 0 Å². The molecule has 4 nitrogen and oxygen atoms in total. The van der Waals surface area contributed by atoms with Crippen molar-refractivity contribution in [1.82, 2.24) is 0 Å². The van der Waals surface area contributed by atoms with Crippen LogP contribution in [0.3, 0.4) is 0 Å². The zero-order chi connectivity index (χ0) is 13.1. The minimum absolute atomic E-state index is 0.0414. The summed E-state index contributed by atoms with van der Waals surface area (Å²) in [4.78, 5) is 27.2. The summed E-state index contributed by atoms with van der Waals surface area (Å²) in [6, 6.07) is 0. The molecule has 0 aromatic heterocycles. The smallest absolute Gasteiger partial charge is 0.211 e. The SMILES string of the molecule is CCCCCC(C)(C)CC(=CN=C=O)N=C=O. The molecule has 0 rings (SSSR count). The first kappa shape index (κ1) is 15.5. The maximum atomic E-state index is 10.3. The Morgan fingerprint density at radius 3 is 2.47 bits per heavy atom. The molecule has 17 heavy (non-hydrogen) atoms. The van der Waals surface area contributed by atoms with Crippen LogP contribution < -0.4 is 0 Å². The van der Waals surface area contributed by atoms with Crippen molar-refractivity contribution < 1.29 is 9.59 Å². The van der Waals surface area contributed by atoms with Crippen molar-refractivity contribution in [2.45, 2.75) is 52.9 Å². The third-order valence-corrected chi connectivity index (χ3v) is 2.57. The summed E-state index contributed by atoms with van der Waals surface area (Å²) in [7, 11) is 0. The van der Waals surface area contributed by atoms with Crippen LogP contribution in [0.1, 0.15) is 52.9 Å². The quantitative estimate of drug-likeness (QED) is 0.368. The van der Waals surface area contributed by atoms with Gasteiger partial charge in [0.25, 0.3) is 0 Å². The lowest BCUT2D eigenvalue weighted by Crippen LogP contribution is -2.11. The highest BCUT2D eigenvalue weighted by Gasteiger charge is 2.19. The highest BCUT2D eigenvalue weighted by molar-refractivity contribution is 5.39. The molecule has 4 heteroatoms. The number of allylic oxidation sites excluding steroid dienone is 1. The molecule has 0 amide bonds. The molecule has 0 aliphatic rings. The Morgan fingerprint density at radius 1 is 1.24 bits per heavy atom. The number of hydrogen-bond acceptors (Lipinski definition) is 4. The van der Waals surface area contributed by atoms with Gasteiger partial charge in [0, 0.05) is 0 Å². The van der Waals surface area contributed by atoms with Crippen molar-refractivity contribution in [3.05, 3.63) is 11.9 Å². The van der Waals surface area contributed by atoms with Gasteiger partial charge in [0.15, 0.2) is 0 Å². The Kier molecular flexibility index (Phi) is 7.87. The number of carbonyl (C=O) groups excluding carboxylic acids is 2. The highest BCUT2D eigenvalue weighted by Crippen LogP contribution is 2.31. The molecular formula is C13H20N2O2. The highest BCUT2D eigenvalue weighted by atomic mass is 16.1. The Balaban J connectivity index is 4.51. The largest absolute Gasteiger partial charge is 0.240 e. The van der Waals surface area contributed by atoms with Crippen molar-refractivity contribution in [2.24, 2.45) is 15.4 Å². The second-order valence-electron chi connectivity index (χ2n) is 4.84. The lowest BCUT2D eigenvalue weighted by molar-refractivity contribution is 0.316. The van der Waals surface area contributed by atoms with Gasteiger partial charge in [-0.25, -0.2) is 9.59 Å². The van der Waals surface area contributed by atoms with Crippen molar-refractivity contribution in [2.75, 3.05) is 0 Å². The Labute approximate surface area is 103 Å². The predicted octanol–water partition coefficient (Wildman–Crippen LogP) is 3.50. The van der Waals surface area contributed by atoms with E-state index in [0.717, 1.165) is 12.8 Å². The fourth-order valence-corrected chi connectivity index (χ4v) is 1.71. The summed E-state index contributed by atoms with van der Waals surface area (Å²) in [5, 5.41) is 0. The molecule has 0 aliphatic heterocycles. The second kappa shape index (κ2) is 8.63. The summed E-state index contributed by atoms with van der Waals surface area (Å²) in [6.45, 7) is 6.39. The van der Waals surface area contributed by atoms with Gasteiger partial charge in [-0.15, -0.1) is 0 Å². The Morgan fingerprint density at radius 2 is 1.94 bits per heavy atom. The molecule has 0 saturated carbocycles. The Hall–Kier alpha value is -1.50. The molecule has 0 fully saturated rings. The molecule has 0 bridgehead atoms. The molecule has 0 aromatic rings. The van der Waals surface area contributed by atoms with E-state index in [0.29, 0.717) is 12.1 Å².